The van der Waals surface area contributed by atoms with Crippen molar-refractivity contribution >= 4 is 29.4 Å². The first-order valence-corrected chi connectivity index (χ1v) is 1.89. The van der Waals surface area contributed by atoms with Crippen molar-refractivity contribution in [3.05, 3.63) is 0 Å². The summed E-state index contributed by atoms with van der Waals surface area (Å²) in [5.74, 6) is 0. The van der Waals surface area contributed by atoms with Gasteiger partial charge in [0, 0.05) is 0 Å². The zero-order chi connectivity index (χ0) is 8.24. The summed E-state index contributed by atoms with van der Waals surface area (Å²) >= 11 is 0. The summed E-state index contributed by atoms with van der Waals surface area (Å²) in [5.41, 5.74) is 0. The fourth-order valence-electron chi connectivity index (χ4n) is 0.0454. The van der Waals surface area contributed by atoms with E-state index in [-0.39, 0.29) is 69.1 Å². The molecule has 0 aromatic heterocycles. The Hall–Kier alpha value is -1.22. The Labute approximate surface area is 98.1 Å². The van der Waals surface area contributed by atoms with Gasteiger partial charge in [0.15, 0.2) is 0 Å². The molecule has 104 valence electrons. The smallest absolute Gasteiger partial charge is 0.369 e. The molecule has 0 aromatic rings. The quantitative estimate of drug-likeness (QED) is 0.467. The second-order valence-corrected chi connectivity index (χ2v) is 0.657. The van der Waals surface area contributed by atoms with Crippen LogP contribution in [0.3, 0.4) is 0 Å². The number of hydrogen-bond acceptors (Lipinski definition) is 6. The molecule has 17 heavy (non-hydrogen) atoms. The number of quaternary nitrogens is 2. The van der Waals surface area contributed by atoms with E-state index >= 15 is 0 Å². The van der Waals surface area contributed by atoms with Gasteiger partial charge in [-0.3, -0.25) is 0 Å². The van der Waals surface area contributed by atoms with Gasteiger partial charge in [-0.05, 0) is 0 Å². The molecule has 0 aliphatic carbocycles. The van der Waals surface area contributed by atoms with Crippen molar-refractivity contribution in [2.24, 2.45) is 0 Å². The Balaban J connectivity index is -0.00000000762. The fraction of sp³-hybridized carbons (Fsp3) is 0. The summed E-state index contributed by atoms with van der Waals surface area (Å²) in [5, 5.41) is 0. The predicted molar refractivity (Wildman–Crippen MR) is 55.0 cm³/mol. The van der Waals surface area contributed by atoms with E-state index in [1.807, 2.05) is 0 Å². The molecule has 0 radical (unpaired) electrons. The Kier molecular flexibility index (Phi) is 542. The molecule has 16 N–H and O–H groups in total. The summed E-state index contributed by atoms with van der Waals surface area (Å²) in [4.78, 5) is 0. The molecule has 0 aliphatic rings. The van der Waals surface area contributed by atoms with Crippen LogP contribution < -0.4 is 12.3 Å². The Morgan fingerprint density at radius 3 is 0.647 bits per heavy atom. The normalized spacial score (nSPS) is 2.35. The molecule has 13 nitrogen and oxygen atoms in total. The van der Waals surface area contributed by atoms with Crippen molar-refractivity contribution in [3.63, 3.8) is 0 Å². The Morgan fingerprint density at radius 2 is 0.647 bits per heavy atom. The van der Waals surface area contributed by atoms with Crippen LogP contribution in [0.4, 0.5) is 0 Å². The van der Waals surface area contributed by atoms with E-state index in [9.17, 15) is 0 Å². The second-order valence-electron chi connectivity index (χ2n) is 0.657. The van der Waals surface area contributed by atoms with Crippen molar-refractivity contribution in [2.75, 3.05) is 0 Å². The third-order valence-corrected chi connectivity index (χ3v) is 0.222. The molecule has 0 aromatic carbocycles. The zero-order valence-electron chi connectivity index (χ0n) is 9.17. The van der Waals surface area contributed by atoms with Crippen LogP contribution in [0.25, 0.3) is 0 Å². The molecule has 17 heteroatoms. The predicted octanol–water partition coefficient (Wildman–Crippen LogP) is -4.80. The molecule has 0 rings (SSSR count). The summed E-state index contributed by atoms with van der Waals surface area (Å²) in [6, 6.07) is 0. The molecule has 0 spiro atoms. The van der Waals surface area contributed by atoms with E-state index in [1.165, 1.54) is 0 Å². The Bertz CT molecular complexity index is 94.0. The van der Waals surface area contributed by atoms with E-state index in [1.54, 1.807) is 0 Å². The molecule has 0 saturated heterocycles. The number of rotatable bonds is 4. The van der Waals surface area contributed by atoms with Crippen molar-refractivity contribution in [1.29, 1.82) is 0 Å². The van der Waals surface area contributed by atoms with Gasteiger partial charge in [0.1, 0.15) is 0 Å². The van der Waals surface area contributed by atoms with Gasteiger partial charge in [-0.2, -0.15) is 0 Å². The minimum atomic E-state index is 0. The van der Waals surface area contributed by atoms with E-state index in [2.05, 4.69) is 9.14 Å². The topological polar surface area (TPSA) is 314 Å². The van der Waals surface area contributed by atoms with Gasteiger partial charge < -0.3 is 39.7 Å². The molecule has 0 atom stereocenters. The van der Waals surface area contributed by atoms with Gasteiger partial charge in [-0.25, -0.2) is 0 Å². The molecule has 0 amide bonds. The first-order valence-electron chi connectivity index (χ1n) is 1.89. The summed E-state index contributed by atoms with van der Waals surface area (Å²) in [6.45, 7) is 0. The van der Waals surface area contributed by atoms with Gasteiger partial charge in [0.05, 0.1) is 0 Å². The minimum absolute atomic E-state index is 0. The maximum Gasteiger partial charge on any atom is -0.369 e. The molecule has 0 bridgehead atoms. The van der Waals surface area contributed by atoms with E-state index in [0.29, 0.717) is 0 Å². The molecule has 0 saturated carbocycles. The van der Waals surface area contributed by atoms with Gasteiger partial charge >= 0.3 is 57.4 Å². The summed E-state index contributed by atoms with van der Waals surface area (Å²) in [6.07, 6.45) is 0. The molecule has 0 heterocycles. The van der Waals surface area contributed by atoms with Crippen molar-refractivity contribution < 1.29 is 55.3 Å². The zero-order valence-corrected chi connectivity index (χ0v) is 9.17. The maximum atomic E-state index is 8.95. The standard InChI is InChI=1S/2B2O3.2H3N.4H2O.O/c2*3-1-5-2-4;;;;;;;/h;;2*1H3;4*1H2;/q;;;;;;;;-2/p+2. The van der Waals surface area contributed by atoms with E-state index < -0.39 is 0 Å². The van der Waals surface area contributed by atoms with Crippen LogP contribution in [-0.2, 0) is 33.4 Å². The third-order valence-electron chi connectivity index (χ3n) is 0.222. The SMILES string of the molecule is O.O.O.O.O=BOB=O.O=BOB=O.[NH4+].[NH4+].[O-2]. The largest absolute Gasteiger partial charge is 2.00 e. The van der Waals surface area contributed by atoms with Gasteiger partial charge in [-0.1, -0.05) is 0 Å². The number of hydrogen-bond donors (Lipinski definition) is 2. The first kappa shape index (κ1) is 75.0. The van der Waals surface area contributed by atoms with E-state index in [4.69, 9.17) is 18.8 Å². The summed E-state index contributed by atoms with van der Waals surface area (Å²) in [7, 11) is 0.250. The average molecular weight is 263 g/mol. The second kappa shape index (κ2) is 123. The van der Waals surface area contributed by atoms with Crippen LogP contribution in [-0.4, -0.2) is 51.3 Å². The van der Waals surface area contributed by atoms with Crippen LogP contribution >= 0.6 is 0 Å². The van der Waals surface area contributed by atoms with Gasteiger partial charge in [0.2, 0.25) is 0 Å². The fourth-order valence-corrected chi connectivity index (χ4v) is 0.0454. The first-order chi connectivity index (χ1) is 4.83. The van der Waals surface area contributed by atoms with Crippen LogP contribution in [0.1, 0.15) is 0 Å². The van der Waals surface area contributed by atoms with Crippen molar-refractivity contribution in [1.82, 2.24) is 12.3 Å². The monoisotopic (exact) mass is 264 g/mol. The summed E-state index contributed by atoms with van der Waals surface area (Å²) < 4.78 is 42.8. The average Bonchev–Trinajstić information content (AvgIpc) is 1.93. The van der Waals surface area contributed by atoms with Crippen LogP contribution in [0.2, 0.25) is 0 Å². The van der Waals surface area contributed by atoms with Crippen LogP contribution in [0, 0.1) is 0 Å². The molecule has 0 aliphatic heterocycles. The Morgan fingerprint density at radius 1 is 0.529 bits per heavy atom. The van der Waals surface area contributed by atoms with Crippen molar-refractivity contribution in [3.8, 4) is 0 Å². The van der Waals surface area contributed by atoms with Gasteiger partial charge in [-0.15, -0.1) is 0 Å². The van der Waals surface area contributed by atoms with Gasteiger partial charge in [0.25, 0.3) is 0 Å². The van der Waals surface area contributed by atoms with Crippen LogP contribution in [0.15, 0.2) is 0 Å². The van der Waals surface area contributed by atoms with Crippen molar-refractivity contribution in [2.45, 2.75) is 0 Å². The molecular formula is H16B4N2O11. The van der Waals surface area contributed by atoms with Crippen LogP contribution in [0.5, 0.6) is 0 Å². The van der Waals surface area contributed by atoms with E-state index in [0.717, 1.165) is 0 Å². The molecule has 0 unspecified atom stereocenters. The minimum Gasteiger partial charge on any atom is -2.00 e. The maximum absolute atomic E-state index is 8.95. The third kappa shape index (κ3) is 312. The molecular weight excluding hydrogens is 247 g/mol. The molecule has 0 fully saturated rings.